The van der Waals surface area contributed by atoms with E-state index in [1.165, 1.54) is 32.1 Å². The Kier molecular flexibility index (Phi) is 7.09. The van der Waals surface area contributed by atoms with Gasteiger partial charge >= 0.3 is 0 Å². The van der Waals surface area contributed by atoms with Crippen LogP contribution in [0.2, 0.25) is 0 Å². The second-order valence-corrected chi connectivity index (χ2v) is 5.33. The topological polar surface area (TPSA) is 30.5 Å². The summed E-state index contributed by atoms with van der Waals surface area (Å²) in [5, 5.41) is 3.54. The lowest BCUT2D eigenvalue weighted by molar-refractivity contribution is -0.119. The van der Waals surface area contributed by atoms with Crippen molar-refractivity contribution >= 4 is 0 Å². The van der Waals surface area contributed by atoms with Crippen LogP contribution in [0.1, 0.15) is 46.0 Å². The summed E-state index contributed by atoms with van der Waals surface area (Å²) in [6, 6.07) is 0.258. The Morgan fingerprint density at radius 2 is 1.59 bits per heavy atom. The molecule has 17 heavy (non-hydrogen) atoms. The van der Waals surface area contributed by atoms with E-state index in [1.807, 2.05) is 0 Å². The van der Waals surface area contributed by atoms with E-state index >= 15 is 0 Å². The van der Waals surface area contributed by atoms with Gasteiger partial charge in [0.15, 0.2) is 6.29 Å². The van der Waals surface area contributed by atoms with Crippen LogP contribution in [0, 0.1) is 11.8 Å². The van der Waals surface area contributed by atoms with Gasteiger partial charge in [0.2, 0.25) is 0 Å². The third-order valence-corrected chi connectivity index (χ3v) is 4.15. The predicted molar refractivity (Wildman–Crippen MR) is 71.0 cm³/mol. The maximum Gasteiger partial charge on any atom is 0.171 e. The van der Waals surface area contributed by atoms with Crippen molar-refractivity contribution in [2.24, 2.45) is 11.8 Å². The molecule has 1 atom stereocenters. The van der Waals surface area contributed by atoms with Gasteiger partial charge in [-0.15, -0.1) is 0 Å². The van der Waals surface area contributed by atoms with Crippen LogP contribution in [0.5, 0.6) is 0 Å². The highest BCUT2D eigenvalue weighted by molar-refractivity contribution is 4.75. The fourth-order valence-corrected chi connectivity index (χ4v) is 2.80. The smallest absolute Gasteiger partial charge is 0.171 e. The molecule has 1 aliphatic carbocycles. The Morgan fingerprint density at radius 1 is 1.06 bits per heavy atom. The quantitative estimate of drug-likeness (QED) is 0.697. The fraction of sp³-hybridized carbons (Fsp3) is 1.00. The molecule has 0 radical (unpaired) electrons. The molecule has 1 unspecified atom stereocenters. The van der Waals surface area contributed by atoms with E-state index in [2.05, 4.69) is 19.2 Å². The molecule has 1 rings (SSSR count). The fourth-order valence-electron chi connectivity index (χ4n) is 2.80. The summed E-state index contributed by atoms with van der Waals surface area (Å²) in [5.41, 5.74) is 0. The van der Waals surface area contributed by atoms with Crippen LogP contribution in [0.4, 0.5) is 0 Å². The largest absolute Gasteiger partial charge is 0.354 e. The first-order valence-corrected chi connectivity index (χ1v) is 7.00. The highest BCUT2D eigenvalue weighted by Crippen LogP contribution is 2.30. The number of methoxy groups -OCH3 is 2. The summed E-state index contributed by atoms with van der Waals surface area (Å²) < 4.78 is 10.5. The van der Waals surface area contributed by atoms with E-state index < -0.39 is 0 Å². The first kappa shape index (κ1) is 14.9. The Balaban J connectivity index is 2.18. The van der Waals surface area contributed by atoms with Gasteiger partial charge in [-0.2, -0.15) is 0 Å². The lowest BCUT2D eigenvalue weighted by Gasteiger charge is -2.30. The van der Waals surface area contributed by atoms with Gasteiger partial charge in [-0.1, -0.05) is 26.2 Å². The van der Waals surface area contributed by atoms with E-state index in [4.69, 9.17) is 9.47 Å². The third kappa shape index (κ3) is 4.94. The van der Waals surface area contributed by atoms with E-state index in [0.717, 1.165) is 18.4 Å². The van der Waals surface area contributed by atoms with Crippen LogP contribution >= 0.6 is 0 Å². The van der Waals surface area contributed by atoms with Gasteiger partial charge in [-0.05, 0) is 38.1 Å². The Labute approximate surface area is 106 Å². The van der Waals surface area contributed by atoms with E-state index in [1.54, 1.807) is 14.2 Å². The minimum Gasteiger partial charge on any atom is -0.354 e. The number of nitrogens with one attached hydrogen (secondary N) is 1. The zero-order chi connectivity index (χ0) is 12.7. The number of hydrogen-bond donors (Lipinski definition) is 1. The molecule has 1 aliphatic rings. The number of hydrogen-bond acceptors (Lipinski definition) is 3. The summed E-state index contributed by atoms with van der Waals surface area (Å²) in [4.78, 5) is 0. The van der Waals surface area contributed by atoms with E-state index in [0.29, 0.717) is 0 Å². The van der Waals surface area contributed by atoms with Crippen molar-refractivity contribution in [3.63, 3.8) is 0 Å². The van der Waals surface area contributed by atoms with Crippen molar-refractivity contribution in [3.8, 4) is 0 Å². The van der Waals surface area contributed by atoms with Gasteiger partial charge < -0.3 is 14.8 Å². The monoisotopic (exact) mass is 243 g/mol. The van der Waals surface area contributed by atoms with Gasteiger partial charge in [0.1, 0.15) is 0 Å². The second kappa shape index (κ2) is 8.06. The highest BCUT2D eigenvalue weighted by atomic mass is 16.7. The lowest BCUT2D eigenvalue weighted by atomic mass is 9.81. The summed E-state index contributed by atoms with van der Waals surface area (Å²) in [6.45, 7) is 5.53. The van der Waals surface area contributed by atoms with Crippen LogP contribution < -0.4 is 5.32 Å². The third-order valence-electron chi connectivity index (χ3n) is 4.15. The van der Waals surface area contributed by atoms with E-state index in [9.17, 15) is 0 Å². The zero-order valence-corrected chi connectivity index (χ0v) is 11.9. The van der Waals surface area contributed by atoms with Crippen LogP contribution in [0.15, 0.2) is 0 Å². The van der Waals surface area contributed by atoms with Gasteiger partial charge in [0.25, 0.3) is 0 Å². The molecule has 0 aromatic heterocycles. The molecule has 0 bridgehead atoms. The molecular formula is C14H29NO2. The zero-order valence-electron chi connectivity index (χ0n) is 11.9. The number of rotatable bonds is 7. The molecule has 102 valence electrons. The molecule has 3 heteroatoms. The molecule has 0 aliphatic heterocycles. The SMILES string of the molecule is CCC1CCC(CNC(C)C(OC)OC)CC1. The second-order valence-electron chi connectivity index (χ2n) is 5.33. The van der Waals surface area contributed by atoms with Gasteiger partial charge in [-0.25, -0.2) is 0 Å². The first-order chi connectivity index (χ1) is 8.21. The molecule has 0 aromatic rings. The Bertz CT molecular complexity index is 187. The van der Waals surface area contributed by atoms with Crippen LogP contribution in [-0.2, 0) is 9.47 Å². The molecule has 0 heterocycles. The van der Waals surface area contributed by atoms with Crippen molar-refractivity contribution in [1.29, 1.82) is 0 Å². The minimum absolute atomic E-state index is 0.137. The van der Waals surface area contributed by atoms with E-state index in [-0.39, 0.29) is 12.3 Å². The molecule has 0 amide bonds. The Hall–Kier alpha value is -0.120. The average molecular weight is 243 g/mol. The molecule has 1 N–H and O–H groups in total. The Morgan fingerprint density at radius 3 is 2.06 bits per heavy atom. The number of ether oxygens (including phenoxy) is 2. The van der Waals surface area contributed by atoms with Crippen LogP contribution in [0.3, 0.4) is 0 Å². The average Bonchev–Trinajstić information content (AvgIpc) is 2.38. The molecule has 0 saturated heterocycles. The summed E-state index contributed by atoms with van der Waals surface area (Å²) >= 11 is 0. The highest BCUT2D eigenvalue weighted by Gasteiger charge is 2.21. The molecule has 1 fully saturated rings. The molecule has 1 saturated carbocycles. The van der Waals surface area contributed by atoms with Crippen molar-refractivity contribution in [2.75, 3.05) is 20.8 Å². The first-order valence-electron chi connectivity index (χ1n) is 7.00. The minimum atomic E-state index is -0.137. The lowest BCUT2D eigenvalue weighted by Crippen LogP contribution is -2.42. The van der Waals surface area contributed by atoms with Crippen molar-refractivity contribution in [2.45, 2.75) is 58.3 Å². The molecule has 0 spiro atoms. The van der Waals surface area contributed by atoms with Gasteiger partial charge in [0, 0.05) is 14.2 Å². The summed E-state index contributed by atoms with van der Waals surface area (Å²) in [6.07, 6.45) is 6.80. The van der Waals surface area contributed by atoms with Gasteiger partial charge in [-0.3, -0.25) is 0 Å². The van der Waals surface area contributed by atoms with Crippen molar-refractivity contribution in [3.05, 3.63) is 0 Å². The summed E-state index contributed by atoms with van der Waals surface area (Å²) in [5.74, 6) is 1.82. The van der Waals surface area contributed by atoms with Crippen molar-refractivity contribution < 1.29 is 9.47 Å². The molecule has 3 nitrogen and oxygen atoms in total. The predicted octanol–water partition coefficient (Wildman–Crippen LogP) is 2.80. The summed E-state index contributed by atoms with van der Waals surface area (Å²) in [7, 11) is 3.39. The van der Waals surface area contributed by atoms with Crippen molar-refractivity contribution in [1.82, 2.24) is 5.32 Å². The standard InChI is InChI=1S/C14H29NO2/c1-5-12-6-8-13(9-7-12)10-15-11(2)14(16-3)17-4/h11-15H,5-10H2,1-4H3. The van der Waals surface area contributed by atoms with Crippen LogP contribution in [0.25, 0.3) is 0 Å². The van der Waals surface area contributed by atoms with Gasteiger partial charge in [0.05, 0.1) is 6.04 Å². The van der Waals surface area contributed by atoms with Crippen LogP contribution in [-0.4, -0.2) is 33.1 Å². The molecular weight excluding hydrogens is 214 g/mol. The normalized spacial score (nSPS) is 27.4. The molecule has 0 aromatic carbocycles. The maximum atomic E-state index is 5.25. The maximum absolute atomic E-state index is 5.25.